The van der Waals surface area contributed by atoms with Gasteiger partial charge in [0, 0.05) is 5.69 Å². The van der Waals surface area contributed by atoms with E-state index >= 15 is 0 Å². The lowest BCUT2D eigenvalue weighted by Gasteiger charge is -2.13. The molecule has 1 amide bonds. The summed E-state index contributed by atoms with van der Waals surface area (Å²) in [5, 5.41) is 12.3. The monoisotopic (exact) mass is 426 g/mol. The van der Waals surface area contributed by atoms with Crippen molar-refractivity contribution in [2.45, 2.75) is 27.4 Å². The van der Waals surface area contributed by atoms with E-state index in [4.69, 9.17) is 9.47 Å². The highest BCUT2D eigenvalue weighted by atomic mass is 16.5. The van der Waals surface area contributed by atoms with E-state index in [0.717, 1.165) is 11.1 Å². The summed E-state index contributed by atoms with van der Waals surface area (Å²) in [6.07, 6.45) is 1.54. The summed E-state index contributed by atoms with van der Waals surface area (Å²) < 4.78 is 11.7. The molecule has 0 aromatic heterocycles. The van der Waals surface area contributed by atoms with Gasteiger partial charge in [-0.05, 0) is 62.2 Å². The second-order valence-corrected chi connectivity index (χ2v) is 7.41. The first kappa shape index (κ1) is 22.6. The molecule has 0 spiro atoms. The molecule has 0 saturated carbocycles. The molecule has 3 aromatic rings. The Morgan fingerprint density at radius 3 is 2.44 bits per heavy atom. The van der Waals surface area contributed by atoms with Crippen LogP contribution in [0.4, 0.5) is 5.69 Å². The van der Waals surface area contributed by atoms with Crippen LogP contribution in [-0.4, -0.2) is 12.5 Å². The molecule has 0 radical (unpaired) electrons. The first-order valence-electron chi connectivity index (χ1n) is 10.4. The summed E-state index contributed by atoms with van der Waals surface area (Å²) in [5.74, 6) is 0.701. The molecule has 0 bridgehead atoms. The maximum absolute atomic E-state index is 12.5. The van der Waals surface area contributed by atoms with E-state index < -0.39 is 5.91 Å². The van der Waals surface area contributed by atoms with Crippen molar-refractivity contribution in [1.29, 1.82) is 5.26 Å². The van der Waals surface area contributed by atoms with Gasteiger partial charge in [0.2, 0.25) is 0 Å². The van der Waals surface area contributed by atoms with Gasteiger partial charge in [0.25, 0.3) is 5.91 Å². The van der Waals surface area contributed by atoms with Gasteiger partial charge in [-0.1, -0.05) is 53.6 Å². The van der Waals surface area contributed by atoms with Crippen molar-refractivity contribution >= 4 is 17.7 Å². The van der Waals surface area contributed by atoms with Crippen molar-refractivity contribution in [3.63, 3.8) is 0 Å². The number of carbonyl (C=O) groups is 1. The number of rotatable bonds is 8. The molecule has 0 saturated heterocycles. The Hall–Kier alpha value is -4.04. The maximum Gasteiger partial charge on any atom is 0.266 e. The smallest absolute Gasteiger partial charge is 0.266 e. The fourth-order valence-corrected chi connectivity index (χ4v) is 3.12. The number of nitrogens with one attached hydrogen (secondary N) is 1. The second kappa shape index (κ2) is 10.8. The normalized spacial score (nSPS) is 10.9. The van der Waals surface area contributed by atoms with Crippen molar-refractivity contribution in [3.05, 3.63) is 94.6 Å². The van der Waals surface area contributed by atoms with Crippen molar-refractivity contribution in [3.8, 4) is 17.6 Å². The van der Waals surface area contributed by atoms with E-state index in [9.17, 15) is 10.1 Å². The van der Waals surface area contributed by atoms with Crippen LogP contribution in [0.15, 0.2) is 72.3 Å². The maximum atomic E-state index is 12.5. The zero-order valence-corrected chi connectivity index (χ0v) is 18.5. The third-order valence-corrected chi connectivity index (χ3v) is 4.73. The molecule has 0 aliphatic rings. The molecule has 1 N–H and O–H groups in total. The fraction of sp³-hybridized carbons (Fsp3) is 0.185. The lowest BCUT2D eigenvalue weighted by atomic mass is 10.1. The molecule has 0 unspecified atom stereocenters. The highest BCUT2D eigenvalue weighted by Crippen LogP contribution is 2.30. The quantitative estimate of drug-likeness (QED) is 0.363. The minimum Gasteiger partial charge on any atom is -0.490 e. The summed E-state index contributed by atoms with van der Waals surface area (Å²) >= 11 is 0. The summed E-state index contributed by atoms with van der Waals surface area (Å²) in [6.45, 7) is 6.78. The topological polar surface area (TPSA) is 71.3 Å². The van der Waals surface area contributed by atoms with Crippen molar-refractivity contribution < 1.29 is 14.3 Å². The van der Waals surface area contributed by atoms with Gasteiger partial charge in [-0.3, -0.25) is 4.79 Å². The fourth-order valence-electron chi connectivity index (χ4n) is 3.12. The van der Waals surface area contributed by atoms with Gasteiger partial charge < -0.3 is 14.8 Å². The summed E-state index contributed by atoms with van der Waals surface area (Å²) in [6, 6.07) is 22.9. The third-order valence-electron chi connectivity index (χ3n) is 4.73. The Morgan fingerprint density at radius 1 is 0.969 bits per heavy atom. The van der Waals surface area contributed by atoms with Crippen molar-refractivity contribution in [2.75, 3.05) is 11.9 Å². The third kappa shape index (κ3) is 6.23. The molecular weight excluding hydrogens is 400 g/mol. The molecule has 3 aromatic carbocycles. The van der Waals surface area contributed by atoms with Gasteiger partial charge in [-0.25, -0.2) is 0 Å². The Labute approximate surface area is 188 Å². The molecule has 0 aliphatic carbocycles. The standard InChI is InChI=1S/C27H26N2O3/c1-4-31-26-16-21(10-13-25(26)32-18-22-7-5-6-20(3)14-22)15-23(17-28)27(30)29-24-11-8-19(2)9-12-24/h5-16H,4,18H2,1-3H3,(H,29,30)/b23-15+. The van der Waals surface area contributed by atoms with Gasteiger partial charge >= 0.3 is 0 Å². The predicted molar refractivity (Wildman–Crippen MR) is 127 cm³/mol. The Kier molecular flexibility index (Phi) is 7.66. The summed E-state index contributed by atoms with van der Waals surface area (Å²) in [5.41, 5.74) is 4.64. The Bertz CT molecular complexity index is 1160. The average Bonchev–Trinajstić information content (AvgIpc) is 2.78. The van der Waals surface area contributed by atoms with Gasteiger partial charge in [-0.2, -0.15) is 5.26 Å². The number of hydrogen-bond donors (Lipinski definition) is 1. The van der Waals surface area contributed by atoms with Crippen LogP contribution in [-0.2, 0) is 11.4 Å². The minimum atomic E-state index is -0.464. The van der Waals surface area contributed by atoms with E-state index in [1.165, 1.54) is 11.6 Å². The lowest BCUT2D eigenvalue weighted by Crippen LogP contribution is -2.13. The SMILES string of the molecule is CCOc1cc(/C=C(\C#N)C(=O)Nc2ccc(C)cc2)ccc1OCc1cccc(C)c1. The molecule has 5 nitrogen and oxygen atoms in total. The van der Waals surface area contributed by atoms with Crippen LogP contribution in [0, 0.1) is 25.2 Å². The number of hydrogen-bond acceptors (Lipinski definition) is 4. The van der Waals surface area contributed by atoms with Crippen LogP contribution in [0.1, 0.15) is 29.2 Å². The Balaban J connectivity index is 1.77. The van der Waals surface area contributed by atoms with Crippen molar-refractivity contribution in [2.24, 2.45) is 0 Å². The molecule has 0 heterocycles. The molecule has 3 rings (SSSR count). The Morgan fingerprint density at radius 2 is 1.75 bits per heavy atom. The van der Waals surface area contributed by atoms with E-state index in [1.807, 2.05) is 57.2 Å². The number of anilines is 1. The minimum absolute atomic E-state index is 0.00134. The molecule has 0 fully saturated rings. The van der Waals surface area contributed by atoms with Crippen LogP contribution in [0.25, 0.3) is 6.08 Å². The number of amides is 1. The number of benzene rings is 3. The average molecular weight is 427 g/mol. The second-order valence-electron chi connectivity index (χ2n) is 7.41. The number of nitrogens with zero attached hydrogens (tertiary/aromatic N) is 1. The highest BCUT2D eigenvalue weighted by molar-refractivity contribution is 6.09. The van der Waals surface area contributed by atoms with E-state index in [2.05, 4.69) is 11.4 Å². The van der Waals surface area contributed by atoms with Gasteiger partial charge in [0.05, 0.1) is 6.61 Å². The van der Waals surface area contributed by atoms with Crippen LogP contribution < -0.4 is 14.8 Å². The molecule has 32 heavy (non-hydrogen) atoms. The molecule has 0 atom stereocenters. The van der Waals surface area contributed by atoms with E-state index in [1.54, 1.807) is 30.3 Å². The lowest BCUT2D eigenvalue weighted by molar-refractivity contribution is -0.112. The first-order chi connectivity index (χ1) is 15.5. The number of nitriles is 1. The first-order valence-corrected chi connectivity index (χ1v) is 10.4. The summed E-state index contributed by atoms with van der Waals surface area (Å²) in [7, 11) is 0. The zero-order chi connectivity index (χ0) is 22.9. The van der Waals surface area contributed by atoms with Crippen LogP contribution in [0.3, 0.4) is 0 Å². The molecule has 0 aliphatic heterocycles. The summed E-state index contributed by atoms with van der Waals surface area (Å²) in [4.78, 5) is 12.5. The number of ether oxygens (including phenoxy) is 2. The molecule has 5 heteroatoms. The van der Waals surface area contributed by atoms with Gasteiger partial charge in [0.15, 0.2) is 11.5 Å². The predicted octanol–water partition coefficient (Wildman–Crippen LogP) is 5.83. The van der Waals surface area contributed by atoms with Crippen molar-refractivity contribution in [1.82, 2.24) is 0 Å². The van der Waals surface area contributed by atoms with Gasteiger partial charge in [-0.15, -0.1) is 0 Å². The van der Waals surface area contributed by atoms with Crippen LogP contribution >= 0.6 is 0 Å². The van der Waals surface area contributed by atoms with E-state index in [-0.39, 0.29) is 5.57 Å². The van der Waals surface area contributed by atoms with Gasteiger partial charge in [0.1, 0.15) is 18.2 Å². The molecule has 162 valence electrons. The van der Waals surface area contributed by atoms with Crippen LogP contribution in [0.5, 0.6) is 11.5 Å². The zero-order valence-electron chi connectivity index (χ0n) is 18.5. The molecular formula is C27H26N2O3. The van der Waals surface area contributed by atoms with Crippen LogP contribution in [0.2, 0.25) is 0 Å². The number of carbonyl (C=O) groups excluding carboxylic acids is 1. The van der Waals surface area contributed by atoms with E-state index in [0.29, 0.717) is 36.0 Å². The number of aryl methyl sites for hydroxylation is 2. The highest BCUT2D eigenvalue weighted by Gasteiger charge is 2.12. The largest absolute Gasteiger partial charge is 0.490 e.